The summed E-state index contributed by atoms with van der Waals surface area (Å²) >= 11 is 0. The number of aryl methyl sites for hydroxylation is 1. The number of carbonyl (C=O) groups is 1. The van der Waals surface area contributed by atoms with Crippen LogP contribution < -0.4 is 14.8 Å². The fraction of sp³-hybridized carbons (Fsp3) is 0.458. The van der Waals surface area contributed by atoms with E-state index in [0.29, 0.717) is 30.8 Å². The highest BCUT2D eigenvalue weighted by atomic mass is 32.2. The number of nitrogens with one attached hydrogen (secondary N) is 1. The van der Waals surface area contributed by atoms with Crippen molar-refractivity contribution in [1.29, 1.82) is 0 Å². The predicted molar refractivity (Wildman–Crippen MR) is 123 cm³/mol. The average molecular weight is 461 g/mol. The summed E-state index contributed by atoms with van der Waals surface area (Å²) in [7, 11) is -0.403. The molecule has 1 saturated heterocycles. The predicted octanol–water partition coefficient (Wildman–Crippen LogP) is 3.69. The molecule has 1 heterocycles. The van der Waals surface area contributed by atoms with Crippen molar-refractivity contribution in [3.8, 4) is 11.5 Å². The van der Waals surface area contributed by atoms with Gasteiger partial charge in [0.1, 0.15) is 11.5 Å². The monoisotopic (exact) mass is 460 g/mol. The summed E-state index contributed by atoms with van der Waals surface area (Å²) < 4.78 is 38.4. The van der Waals surface area contributed by atoms with Crippen molar-refractivity contribution in [2.24, 2.45) is 0 Å². The second-order valence-electron chi connectivity index (χ2n) is 7.97. The van der Waals surface area contributed by atoms with E-state index in [9.17, 15) is 13.2 Å². The SMILES string of the molecule is COc1ccc(S(=O)(=O)N2CCCCC2)cc1CCC(=O)N[C@@H](C)c1ccccc1OC. The number of nitrogens with zero attached hydrogens (tertiary/aromatic N) is 1. The van der Waals surface area contributed by atoms with E-state index in [2.05, 4.69) is 5.32 Å². The summed E-state index contributed by atoms with van der Waals surface area (Å²) in [6, 6.07) is 12.2. The number of rotatable bonds is 9. The van der Waals surface area contributed by atoms with Crippen molar-refractivity contribution in [2.45, 2.75) is 50.0 Å². The Balaban J connectivity index is 1.69. The molecule has 0 bridgehead atoms. The maximum Gasteiger partial charge on any atom is 0.243 e. The second-order valence-corrected chi connectivity index (χ2v) is 9.91. The van der Waals surface area contributed by atoms with E-state index in [1.54, 1.807) is 36.7 Å². The third-order valence-electron chi connectivity index (χ3n) is 5.81. The van der Waals surface area contributed by atoms with Gasteiger partial charge < -0.3 is 14.8 Å². The molecule has 1 N–H and O–H groups in total. The van der Waals surface area contributed by atoms with Gasteiger partial charge >= 0.3 is 0 Å². The van der Waals surface area contributed by atoms with E-state index >= 15 is 0 Å². The van der Waals surface area contributed by atoms with Crippen molar-refractivity contribution in [3.63, 3.8) is 0 Å². The quantitative estimate of drug-likeness (QED) is 0.617. The Kier molecular flexibility index (Phi) is 8.15. The minimum absolute atomic E-state index is 0.130. The van der Waals surface area contributed by atoms with Crippen LogP contribution in [-0.4, -0.2) is 45.9 Å². The van der Waals surface area contributed by atoms with Crippen LogP contribution in [0.1, 0.15) is 49.8 Å². The minimum Gasteiger partial charge on any atom is -0.496 e. The van der Waals surface area contributed by atoms with Crippen LogP contribution in [-0.2, 0) is 21.2 Å². The highest BCUT2D eigenvalue weighted by Gasteiger charge is 2.26. The number of hydrogen-bond donors (Lipinski definition) is 1. The van der Waals surface area contributed by atoms with Crippen molar-refractivity contribution >= 4 is 15.9 Å². The molecule has 32 heavy (non-hydrogen) atoms. The van der Waals surface area contributed by atoms with E-state index in [4.69, 9.17) is 9.47 Å². The Bertz CT molecular complexity index is 1030. The topological polar surface area (TPSA) is 84.9 Å². The van der Waals surface area contributed by atoms with Gasteiger partial charge in [0, 0.05) is 25.1 Å². The maximum absolute atomic E-state index is 13.0. The molecule has 1 amide bonds. The molecule has 0 spiro atoms. The third-order valence-corrected chi connectivity index (χ3v) is 7.70. The number of amides is 1. The number of methoxy groups -OCH3 is 2. The zero-order valence-corrected chi connectivity index (χ0v) is 19.8. The molecular weight excluding hydrogens is 428 g/mol. The fourth-order valence-corrected chi connectivity index (χ4v) is 5.60. The van der Waals surface area contributed by atoms with Gasteiger partial charge in [0.05, 0.1) is 25.2 Å². The molecule has 1 aliphatic heterocycles. The molecule has 2 aromatic carbocycles. The molecule has 7 nitrogen and oxygen atoms in total. The smallest absolute Gasteiger partial charge is 0.243 e. The van der Waals surface area contributed by atoms with E-state index in [-0.39, 0.29) is 23.3 Å². The Morgan fingerprint density at radius 1 is 1.03 bits per heavy atom. The van der Waals surface area contributed by atoms with Gasteiger partial charge in [-0.25, -0.2) is 8.42 Å². The van der Waals surface area contributed by atoms with Crippen LogP contribution in [0.2, 0.25) is 0 Å². The molecule has 0 aromatic heterocycles. The largest absolute Gasteiger partial charge is 0.496 e. The number of piperidine rings is 1. The highest BCUT2D eigenvalue weighted by Crippen LogP contribution is 2.28. The Morgan fingerprint density at radius 2 is 1.72 bits per heavy atom. The molecule has 0 aliphatic carbocycles. The molecule has 1 aliphatic rings. The lowest BCUT2D eigenvalue weighted by molar-refractivity contribution is -0.121. The zero-order valence-electron chi connectivity index (χ0n) is 19.0. The summed E-state index contributed by atoms with van der Waals surface area (Å²) in [5, 5.41) is 2.99. The molecule has 0 unspecified atom stereocenters. The normalized spacial score (nSPS) is 15.7. The first kappa shape index (κ1) is 24.1. The van der Waals surface area contributed by atoms with Crippen molar-refractivity contribution in [2.75, 3.05) is 27.3 Å². The first-order valence-electron chi connectivity index (χ1n) is 11.0. The molecule has 3 rings (SSSR count). The van der Waals surface area contributed by atoms with E-state index in [0.717, 1.165) is 30.6 Å². The molecule has 0 saturated carbocycles. The van der Waals surface area contributed by atoms with Gasteiger partial charge in [0.25, 0.3) is 0 Å². The second kappa shape index (κ2) is 10.8. The summed E-state index contributed by atoms with van der Waals surface area (Å²) in [6.45, 7) is 3.00. The number of benzene rings is 2. The first-order valence-corrected chi connectivity index (χ1v) is 12.4. The minimum atomic E-state index is -3.55. The van der Waals surface area contributed by atoms with Crippen LogP contribution >= 0.6 is 0 Å². The van der Waals surface area contributed by atoms with Gasteiger partial charge in [-0.3, -0.25) is 4.79 Å². The zero-order chi connectivity index (χ0) is 23.1. The number of hydrogen-bond acceptors (Lipinski definition) is 5. The lowest BCUT2D eigenvalue weighted by atomic mass is 10.1. The van der Waals surface area contributed by atoms with Crippen LogP contribution in [0, 0.1) is 0 Å². The van der Waals surface area contributed by atoms with Gasteiger partial charge in [-0.15, -0.1) is 0 Å². The van der Waals surface area contributed by atoms with Crippen molar-refractivity contribution < 1.29 is 22.7 Å². The Labute approximate surface area is 190 Å². The third kappa shape index (κ3) is 5.61. The maximum atomic E-state index is 13.0. The molecule has 1 fully saturated rings. The van der Waals surface area contributed by atoms with Crippen LogP contribution in [0.4, 0.5) is 0 Å². The van der Waals surface area contributed by atoms with E-state index < -0.39 is 10.0 Å². The van der Waals surface area contributed by atoms with Crippen molar-refractivity contribution in [3.05, 3.63) is 53.6 Å². The number of para-hydroxylation sites is 1. The van der Waals surface area contributed by atoms with Crippen molar-refractivity contribution in [1.82, 2.24) is 9.62 Å². The van der Waals surface area contributed by atoms with Gasteiger partial charge in [0.2, 0.25) is 15.9 Å². The Morgan fingerprint density at radius 3 is 2.41 bits per heavy atom. The van der Waals surface area contributed by atoms with Crippen LogP contribution in [0.3, 0.4) is 0 Å². The lowest BCUT2D eigenvalue weighted by Crippen LogP contribution is -2.35. The summed E-state index contributed by atoms with van der Waals surface area (Å²) in [4.78, 5) is 12.9. The molecule has 0 radical (unpaired) electrons. The van der Waals surface area contributed by atoms with E-state index in [1.165, 1.54) is 0 Å². The summed E-state index contributed by atoms with van der Waals surface area (Å²) in [5.41, 5.74) is 1.60. The summed E-state index contributed by atoms with van der Waals surface area (Å²) in [5.74, 6) is 1.17. The molecule has 1 atom stereocenters. The van der Waals surface area contributed by atoms with E-state index in [1.807, 2.05) is 31.2 Å². The number of ether oxygens (including phenoxy) is 2. The lowest BCUT2D eigenvalue weighted by Gasteiger charge is -2.26. The highest BCUT2D eigenvalue weighted by molar-refractivity contribution is 7.89. The number of carbonyl (C=O) groups excluding carboxylic acids is 1. The Hall–Kier alpha value is -2.58. The molecule has 174 valence electrons. The molecule has 8 heteroatoms. The molecule has 2 aromatic rings. The number of sulfonamides is 1. The van der Waals surface area contributed by atoms with Gasteiger partial charge in [-0.2, -0.15) is 4.31 Å². The fourth-order valence-electron chi connectivity index (χ4n) is 4.03. The van der Waals surface area contributed by atoms with Crippen LogP contribution in [0.15, 0.2) is 47.4 Å². The van der Waals surface area contributed by atoms with Gasteiger partial charge in [-0.1, -0.05) is 24.6 Å². The standard InChI is InChI=1S/C24H32N2O5S/c1-18(21-9-5-6-10-23(21)31-3)25-24(27)14-11-19-17-20(12-13-22(19)30-2)32(28,29)26-15-7-4-8-16-26/h5-6,9-10,12-13,17-18H,4,7-8,11,14-16H2,1-3H3,(H,25,27)/t18-/m0/s1. The van der Waals surface area contributed by atoms with Crippen LogP contribution in [0.5, 0.6) is 11.5 Å². The molecular formula is C24H32N2O5S. The first-order chi connectivity index (χ1) is 15.4. The summed E-state index contributed by atoms with van der Waals surface area (Å²) in [6.07, 6.45) is 3.40. The van der Waals surface area contributed by atoms with Crippen LogP contribution in [0.25, 0.3) is 0 Å². The van der Waals surface area contributed by atoms with Gasteiger partial charge in [0.15, 0.2) is 0 Å². The van der Waals surface area contributed by atoms with Gasteiger partial charge in [-0.05, 0) is 56.0 Å². The average Bonchev–Trinajstić information content (AvgIpc) is 2.82.